The van der Waals surface area contributed by atoms with Crippen molar-refractivity contribution in [3.63, 3.8) is 0 Å². The predicted octanol–water partition coefficient (Wildman–Crippen LogP) is 3.86. The summed E-state index contributed by atoms with van der Waals surface area (Å²) in [6.45, 7) is 2.73. The minimum Gasteiger partial charge on any atom is -0.493 e. The Balaban J connectivity index is 1.51. The zero-order valence-corrected chi connectivity index (χ0v) is 20.0. The van der Waals surface area contributed by atoms with E-state index in [-0.39, 0.29) is 11.5 Å². The summed E-state index contributed by atoms with van der Waals surface area (Å²) in [4.78, 5) is 35.1. The van der Waals surface area contributed by atoms with E-state index < -0.39 is 0 Å². The van der Waals surface area contributed by atoms with Gasteiger partial charge in [0, 0.05) is 28.8 Å². The highest BCUT2D eigenvalue weighted by molar-refractivity contribution is 7.98. The summed E-state index contributed by atoms with van der Waals surface area (Å²) >= 11 is 1.48. The van der Waals surface area contributed by atoms with Crippen molar-refractivity contribution in [1.29, 1.82) is 0 Å². The van der Waals surface area contributed by atoms with Crippen LogP contribution in [0.1, 0.15) is 29.4 Å². The number of benzene rings is 2. The molecule has 0 spiro atoms. The van der Waals surface area contributed by atoms with Crippen LogP contribution in [0.2, 0.25) is 0 Å². The maximum Gasteiger partial charge on any atom is 0.274 e. The van der Waals surface area contributed by atoms with Gasteiger partial charge in [0.15, 0.2) is 11.5 Å². The molecule has 2 aromatic carbocycles. The van der Waals surface area contributed by atoms with E-state index in [0.29, 0.717) is 46.5 Å². The van der Waals surface area contributed by atoms with Gasteiger partial charge < -0.3 is 14.8 Å². The molecule has 2 aromatic heterocycles. The van der Waals surface area contributed by atoms with Crippen LogP contribution in [0.5, 0.6) is 11.5 Å². The predicted molar refractivity (Wildman–Crippen MR) is 131 cm³/mol. The number of hydrogen-bond donors (Lipinski definition) is 1. The highest BCUT2D eigenvalue weighted by Gasteiger charge is 2.14. The fourth-order valence-electron chi connectivity index (χ4n) is 3.49. The molecular weight excluding hydrogens is 454 g/mol. The number of thioether (sulfide) groups is 1. The number of aryl methyl sites for hydroxylation is 1. The lowest BCUT2D eigenvalue weighted by Crippen LogP contribution is -2.21. The smallest absolute Gasteiger partial charge is 0.274 e. The van der Waals surface area contributed by atoms with Crippen LogP contribution in [-0.4, -0.2) is 39.3 Å². The standard InChI is InChI=1S/C24H25N5O4S/c1-4-11-28-15-25-24-26-17(13-22(30)29(24)28)14-34-21-8-6-5-7-18(21)27-23(31)16-9-10-19(32-2)20(12-16)33-3/h5-10,12-13,15H,4,11,14H2,1-3H3,(H,27,31). The van der Waals surface area contributed by atoms with Crippen LogP contribution in [0.4, 0.5) is 5.69 Å². The third kappa shape index (κ3) is 4.91. The first-order chi connectivity index (χ1) is 16.5. The lowest BCUT2D eigenvalue weighted by molar-refractivity contribution is 0.102. The van der Waals surface area contributed by atoms with Crippen LogP contribution in [0.3, 0.4) is 0 Å². The van der Waals surface area contributed by atoms with Crippen molar-refractivity contribution in [2.24, 2.45) is 0 Å². The number of carbonyl (C=O) groups excluding carboxylic acids is 1. The van der Waals surface area contributed by atoms with Crippen molar-refractivity contribution < 1.29 is 14.3 Å². The van der Waals surface area contributed by atoms with E-state index in [9.17, 15) is 9.59 Å². The van der Waals surface area contributed by atoms with Crippen LogP contribution in [-0.2, 0) is 12.3 Å². The number of aromatic nitrogens is 4. The van der Waals surface area contributed by atoms with Gasteiger partial charge >= 0.3 is 0 Å². The van der Waals surface area contributed by atoms with Crippen molar-refractivity contribution in [2.45, 2.75) is 30.5 Å². The van der Waals surface area contributed by atoms with E-state index in [4.69, 9.17) is 9.47 Å². The molecule has 0 aliphatic rings. The molecule has 0 saturated heterocycles. The molecule has 0 unspecified atom stereocenters. The van der Waals surface area contributed by atoms with Gasteiger partial charge in [0.1, 0.15) is 6.33 Å². The molecule has 0 saturated carbocycles. The molecule has 0 atom stereocenters. The number of rotatable bonds is 9. The molecule has 4 aromatic rings. The van der Waals surface area contributed by atoms with Crippen LogP contribution in [0, 0.1) is 0 Å². The van der Waals surface area contributed by atoms with E-state index in [1.807, 2.05) is 31.2 Å². The van der Waals surface area contributed by atoms with Crippen molar-refractivity contribution in [3.05, 3.63) is 76.5 Å². The topological polar surface area (TPSA) is 99.8 Å². The first kappa shape index (κ1) is 23.4. The molecule has 1 amide bonds. The Hall–Kier alpha value is -3.79. The third-order valence-corrected chi connectivity index (χ3v) is 6.21. The summed E-state index contributed by atoms with van der Waals surface area (Å²) in [6, 6.07) is 14.0. The number of amides is 1. The number of para-hydroxylation sites is 1. The monoisotopic (exact) mass is 479 g/mol. The quantitative estimate of drug-likeness (QED) is 0.364. The lowest BCUT2D eigenvalue weighted by Gasteiger charge is -2.12. The molecule has 34 heavy (non-hydrogen) atoms. The van der Waals surface area contributed by atoms with Gasteiger partial charge in [-0.1, -0.05) is 19.1 Å². The van der Waals surface area contributed by atoms with Crippen molar-refractivity contribution in [3.8, 4) is 11.5 Å². The van der Waals surface area contributed by atoms with Gasteiger partial charge in [0.05, 0.1) is 25.6 Å². The first-order valence-electron chi connectivity index (χ1n) is 10.7. The number of fused-ring (bicyclic) bond motifs is 1. The van der Waals surface area contributed by atoms with Gasteiger partial charge in [0.2, 0.25) is 0 Å². The third-order valence-electron chi connectivity index (χ3n) is 5.10. The first-order valence-corrected chi connectivity index (χ1v) is 11.7. The molecule has 0 radical (unpaired) electrons. The van der Waals surface area contributed by atoms with Crippen molar-refractivity contribution >= 4 is 29.1 Å². The maximum atomic E-state index is 12.9. The fourth-order valence-corrected chi connectivity index (χ4v) is 4.39. The second-order valence-electron chi connectivity index (χ2n) is 7.41. The molecule has 0 aliphatic carbocycles. The summed E-state index contributed by atoms with van der Waals surface area (Å²) in [7, 11) is 3.07. The number of anilines is 1. The SMILES string of the molecule is CCCn1cnc2nc(CSc3ccccc3NC(=O)c3ccc(OC)c(OC)c3)cc(=O)n21. The second kappa shape index (κ2) is 10.4. The average Bonchev–Trinajstić information content (AvgIpc) is 3.26. The van der Waals surface area contributed by atoms with Crippen LogP contribution < -0.4 is 20.3 Å². The summed E-state index contributed by atoms with van der Waals surface area (Å²) in [5.41, 5.74) is 1.57. The van der Waals surface area contributed by atoms with Gasteiger partial charge in [-0.05, 0) is 36.8 Å². The molecular formula is C24H25N5O4S. The second-order valence-corrected chi connectivity index (χ2v) is 8.43. The zero-order chi connectivity index (χ0) is 24.1. The largest absolute Gasteiger partial charge is 0.493 e. The molecule has 0 aliphatic heterocycles. The van der Waals surface area contributed by atoms with Crippen molar-refractivity contribution in [1.82, 2.24) is 19.2 Å². The van der Waals surface area contributed by atoms with E-state index in [0.717, 1.165) is 11.3 Å². The minimum absolute atomic E-state index is 0.165. The number of nitrogens with one attached hydrogen (secondary N) is 1. The van der Waals surface area contributed by atoms with E-state index >= 15 is 0 Å². The molecule has 10 heteroatoms. The highest BCUT2D eigenvalue weighted by atomic mass is 32.2. The average molecular weight is 480 g/mol. The Morgan fingerprint density at radius 1 is 1.09 bits per heavy atom. The Bertz CT molecular complexity index is 1380. The highest BCUT2D eigenvalue weighted by Crippen LogP contribution is 2.31. The lowest BCUT2D eigenvalue weighted by atomic mass is 10.2. The van der Waals surface area contributed by atoms with Gasteiger partial charge in [0.25, 0.3) is 17.2 Å². The number of ether oxygens (including phenoxy) is 2. The summed E-state index contributed by atoms with van der Waals surface area (Å²) in [6.07, 6.45) is 2.52. The minimum atomic E-state index is -0.270. The molecule has 0 fully saturated rings. The normalized spacial score (nSPS) is 10.9. The van der Waals surface area contributed by atoms with E-state index in [2.05, 4.69) is 15.3 Å². The molecule has 176 valence electrons. The van der Waals surface area contributed by atoms with Gasteiger partial charge in [-0.2, -0.15) is 9.50 Å². The molecule has 9 nitrogen and oxygen atoms in total. The van der Waals surface area contributed by atoms with Crippen molar-refractivity contribution in [2.75, 3.05) is 19.5 Å². The number of carbonyl (C=O) groups is 1. The van der Waals surface area contributed by atoms with Crippen LogP contribution >= 0.6 is 11.8 Å². The molecule has 2 heterocycles. The Kier molecular flexibility index (Phi) is 7.17. The number of nitrogens with zero attached hydrogens (tertiary/aromatic N) is 4. The fraction of sp³-hybridized carbons (Fsp3) is 0.250. The Morgan fingerprint density at radius 3 is 2.65 bits per heavy atom. The van der Waals surface area contributed by atoms with Gasteiger partial charge in [-0.15, -0.1) is 11.8 Å². The Morgan fingerprint density at radius 2 is 1.88 bits per heavy atom. The molecule has 0 bridgehead atoms. The summed E-state index contributed by atoms with van der Waals surface area (Å²) < 4.78 is 13.8. The number of hydrogen-bond acceptors (Lipinski definition) is 7. The van der Waals surface area contributed by atoms with E-state index in [1.165, 1.54) is 29.5 Å². The summed E-state index contributed by atoms with van der Waals surface area (Å²) in [5.74, 6) is 1.59. The van der Waals surface area contributed by atoms with Gasteiger partial charge in [-0.3, -0.25) is 14.3 Å². The Labute approximate surface area is 200 Å². The van der Waals surface area contributed by atoms with Crippen LogP contribution in [0.15, 0.2) is 64.5 Å². The zero-order valence-electron chi connectivity index (χ0n) is 19.1. The summed E-state index contributed by atoms with van der Waals surface area (Å²) in [5, 5.41) is 2.95. The van der Waals surface area contributed by atoms with E-state index in [1.54, 1.807) is 36.3 Å². The molecule has 4 rings (SSSR count). The maximum absolute atomic E-state index is 12.9. The number of methoxy groups -OCH3 is 2. The molecule has 1 N–H and O–H groups in total. The van der Waals surface area contributed by atoms with Crippen LogP contribution in [0.25, 0.3) is 5.78 Å². The van der Waals surface area contributed by atoms with Gasteiger partial charge in [-0.25, -0.2) is 4.98 Å².